The molecular formula is C122H88N4. The van der Waals surface area contributed by atoms with Crippen molar-refractivity contribution in [3.8, 4) is 44.5 Å². The van der Waals surface area contributed by atoms with Gasteiger partial charge in [-0.2, -0.15) is 0 Å². The van der Waals surface area contributed by atoms with Crippen LogP contribution in [-0.2, 0) is 10.8 Å². The first-order chi connectivity index (χ1) is 62.0. The Morgan fingerprint density at radius 2 is 0.421 bits per heavy atom. The largest absolute Gasteiger partial charge is 0.310 e. The van der Waals surface area contributed by atoms with Gasteiger partial charge < -0.3 is 19.6 Å². The van der Waals surface area contributed by atoms with Gasteiger partial charge in [-0.25, -0.2) is 0 Å². The fraction of sp³-hybridized carbons (Fsp3) is 0.0492. The summed E-state index contributed by atoms with van der Waals surface area (Å²) in [5.41, 5.74) is 28.4. The molecule has 4 heteroatoms. The second kappa shape index (κ2) is 30.6. The van der Waals surface area contributed by atoms with Gasteiger partial charge in [0.15, 0.2) is 0 Å². The zero-order valence-corrected chi connectivity index (χ0v) is 70.7. The Balaban J connectivity index is 0.000000145. The second-order valence-corrected chi connectivity index (χ2v) is 34.7. The standard InChI is InChI=1S/C63H46N2.C59H42N2/c1-63(2)59-29-17-28-55-57-42-61(65(48-24-13-6-14-25-48)50-36-32-46(33-37-50)44-20-9-4-10-21-44)54-27-16-15-26-52(54)56(57)41-58(62(55)59)53-39-38-51(40-60(53)63)64(47-22-11-5-12-23-47)49-34-30-45(31-35-49)43-18-7-3-8-19-43;1-59(2)55-27-15-26-51-53-38-57(61(44-22-7-4-8-23-44)46-31-29-40-17-10-12-19-42(40)35-46)50-25-14-13-24-48(50)52(53)37-54(58(51)55)49-33-32-47(36-56(49)59)60(43-20-5-3-6-21-43)45-30-28-39-16-9-11-18-41(39)34-45/h3-42H,1-2H3;3-38H,1-2H3. The zero-order valence-electron chi connectivity index (χ0n) is 70.7. The Morgan fingerprint density at radius 3 is 0.825 bits per heavy atom. The minimum atomic E-state index is -0.276. The molecule has 0 aliphatic heterocycles. The first-order valence-corrected chi connectivity index (χ1v) is 43.8. The number of rotatable bonds is 14. The van der Waals surface area contributed by atoms with Crippen LogP contribution in [0.3, 0.4) is 0 Å². The lowest BCUT2D eigenvalue weighted by molar-refractivity contribution is 0.645. The molecule has 0 unspecified atom stereocenters. The van der Waals surface area contributed by atoms with Crippen molar-refractivity contribution in [1.29, 1.82) is 0 Å². The number of para-hydroxylation sites is 4. The SMILES string of the molecule is CC1(C)c2cc(N(c3ccccc3)c3ccc(-c4ccccc4)cc3)ccc2-c2cc3c4ccccc4c(N(c4ccccc4)c4ccc(-c5ccccc5)cc4)cc3c3cccc1c23.CC1(C)c2cc(N(c3ccccc3)c3ccc4ccccc4c3)ccc2-c2cc3c4ccccc4c(N(c4ccccc4)c4ccc5ccccc5c4)cc3c3cccc1c23. The van der Waals surface area contributed by atoms with Gasteiger partial charge in [-0.3, -0.25) is 0 Å². The average molecular weight is 1610 g/mol. The van der Waals surface area contributed by atoms with Gasteiger partial charge in [-0.05, 0) is 288 Å². The average Bonchev–Trinajstić information content (AvgIpc) is 0.700. The van der Waals surface area contributed by atoms with E-state index >= 15 is 0 Å². The van der Waals surface area contributed by atoms with E-state index in [1.807, 2.05) is 0 Å². The molecule has 126 heavy (non-hydrogen) atoms. The van der Waals surface area contributed by atoms with Crippen LogP contribution < -0.4 is 19.6 Å². The Morgan fingerprint density at radius 1 is 0.151 bits per heavy atom. The maximum atomic E-state index is 2.49. The quantitative estimate of drug-likeness (QED) is 0.101. The lowest BCUT2D eigenvalue weighted by Gasteiger charge is -2.37. The minimum Gasteiger partial charge on any atom is -0.310 e. The summed E-state index contributed by atoms with van der Waals surface area (Å²) >= 11 is 0. The van der Waals surface area contributed by atoms with Gasteiger partial charge in [0.2, 0.25) is 0 Å². The number of anilines is 12. The third kappa shape index (κ3) is 12.7. The highest BCUT2D eigenvalue weighted by Gasteiger charge is 2.38. The topological polar surface area (TPSA) is 13.0 Å². The third-order valence-corrected chi connectivity index (χ3v) is 26.7. The van der Waals surface area contributed by atoms with E-state index in [0.29, 0.717) is 0 Å². The van der Waals surface area contributed by atoms with Gasteiger partial charge in [0.05, 0.1) is 11.4 Å². The molecule has 596 valence electrons. The summed E-state index contributed by atoms with van der Waals surface area (Å²) in [6, 6.07) is 169. The van der Waals surface area contributed by atoms with Crippen molar-refractivity contribution in [3.63, 3.8) is 0 Å². The molecule has 4 nitrogen and oxygen atoms in total. The predicted octanol–water partition coefficient (Wildman–Crippen LogP) is 34.4. The van der Waals surface area contributed by atoms with E-state index in [-0.39, 0.29) is 10.8 Å². The summed E-state index contributed by atoms with van der Waals surface area (Å²) in [6.07, 6.45) is 0. The molecule has 0 radical (unpaired) electrons. The van der Waals surface area contributed by atoms with E-state index in [2.05, 4.69) is 508 Å². The molecule has 22 aromatic carbocycles. The van der Waals surface area contributed by atoms with Crippen molar-refractivity contribution in [2.45, 2.75) is 38.5 Å². The van der Waals surface area contributed by atoms with Gasteiger partial charge in [0, 0.05) is 78.5 Å². The lowest BCUT2D eigenvalue weighted by Crippen LogP contribution is -2.24. The number of benzene rings is 22. The molecule has 0 amide bonds. The summed E-state index contributed by atoms with van der Waals surface area (Å²) in [7, 11) is 0. The molecule has 0 saturated heterocycles. The van der Waals surface area contributed by atoms with Crippen LogP contribution >= 0.6 is 0 Å². The van der Waals surface area contributed by atoms with Gasteiger partial charge in [-0.15, -0.1) is 0 Å². The highest BCUT2D eigenvalue weighted by atomic mass is 15.2. The van der Waals surface area contributed by atoms with Crippen LogP contribution in [0.1, 0.15) is 49.9 Å². The first kappa shape index (κ1) is 75.1. The summed E-state index contributed by atoms with van der Waals surface area (Å²) in [4.78, 5) is 9.67. The molecular weight excluding hydrogens is 1520 g/mol. The molecule has 2 aliphatic carbocycles. The highest BCUT2D eigenvalue weighted by Crippen LogP contribution is 2.57. The second-order valence-electron chi connectivity index (χ2n) is 34.7. The third-order valence-electron chi connectivity index (χ3n) is 26.7. The van der Waals surface area contributed by atoms with Crippen LogP contribution in [0.25, 0.3) is 131 Å². The van der Waals surface area contributed by atoms with Crippen molar-refractivity contribution < 1.29 is 0 Å². The Labute approximate surface area is 735 Å². The van der Waals surface area contributed by atoms with E-state index in [9.17, 15) is 0 Å². The van der Waals surface area contributed by atoms with E-state index in [1.54, 1.807) is 0 Å². The molecule has 2 aliphatic rings. The lowest BCUT2D eigenvalue weighted by atomic mass is 9.68. The fourth-order valence-electron chi connectivity index (χ4n) is 20.6. The van der Waals surface area contributed by atoms with Crippen LogP contribution in [0.2, 0.25) is 0 Å². The molecule has 0 spiro atoms. The molecule has 0 heterocycles. The normalized spacial score (nSPS) is 12.7. The van der Waals surface area contributed by atoms with Crippen molar-refractivity contribution in [3.05, 3.63) is 483 Å². The molecule has 22 aromatic rings. The summed E-state index contributed by atoms with van der Waals surface area (Å²) in [6.45, 7) is 9.62. The molecule has 0 N–H and O–H groups in total. The van der Waals surface area contributed by atoms with Crippen LogP contribution in [0, 0.1) is 0 Å². The van der Waals surface area contributed by atoms with E-state index in [1.165, 1.54) is 159 Å². The van der Waals surface area contributed by atoms with E-state index in [0.717, 1.165) is 62.6 Å². The molecule has 24 rings (SSSR count). The van der Waals surface area contributed by atoms with E-state index in [4.69, 9.17) is 0 Å². The molecule has 0 fully saturated rings. The smallest absolute Gasteiger partial charge is 0.0546 e. The molecule has 0 saturated carbocycles. The van der Waals surface area contributed by atoms with Crippen molar-refractivity contribution in [2.75, 3.05) is 19.6 Å². The van der Waals surface area contributed by atoms with Crippen LogP contribution in [0.4, 0.5) is 68.2 Å². The summed E-state index contributed by atoms with van der Waals surface area (Å²) in [5.74, 6) is 0. The minimum absolute atomic E-state index is 0.266. The molecule has 0 atom stereocenters. The highest BCUT2D eigenvalue weighted by molar-refractivity contribution is 6.27. The first-order valence-electron chi connectivity index (χ1n) is 43.8. The maximum absolute atomic E-state index is 2.49. The maximum Gasteiger partial charge on any atom is 0.0546 e. The Kier molecular flexibility index (Phi) is 18.3. The van der Waals surface area contributed by atoms with Gasteiger partial charge in [0.25, 0.3) is 0 Å². The predicted molar refractivity (Wildman–Crippen MR) is 538 cm³/mol. The van der Waals surface area contributed by atoms with E-state index < -0.39 is 0 Å². The van der Waals surface area contributed by atoms with Crippen molar-refractivity contribution >= 4 is 154 Å². The Bertz CT molecular complexity index is 7990. The van der Waals surface area contributed by atoms with Crippen LogP contribution in [0.5, 0.6) is 0 Å². The molecule has 0 bridgehead atoms. The molecule has 0 aromatic heterocycles. The van der Waals surface area contributed by atoms with Gasteiger partial charge in [-0.1, -0.05) is 343 Å². The van der Waals surface area contributed by atoms with Gasteiger partial charge >= 0.3 is 0 Å². The zero-order chi connectivity index (χ0) is 84.1. The van der Waals surface area contributed by atoms with Crippen LogP contribution in [0.15, 0.2) is 461 Å². The monoisotopic (exact) mass is 1610 g/mol. The van der Waals surface area contributed by atoms with Crippen molar-refractivity contribution in [2.24, 2.45) is 0 Å². The number of fused-ring (bicyclic) bond motifs is 14. The van der Waals surface area contributed by atoms with Crippen molar-refractivity contribution in [1.82, 2.24) is 0 Å². The summed E-state index contributed by atoms with van der Waals surface area (Å²) < 4.78 is 0. The fourth-order valence-corrected chi connectivity index (χ4v) is 20.6. The Hall–Kier alpha value is -15.9. The number of nitrogens with zero attached hydrogens (tertiary/aromatic N) is 4. The number of hydrogen-bond donors (Lipinski definition) is 0. The van der Waals surface area contributed by atoms with Gasteiger partial charge in [0.1, 0.15) is 0 Å². The van der Waals surface area contributed by atoms with Crippen LogP contribution in [-0.4, -0.2) is 0 Å². The number of hydrogen-bond acceptors (Lipinski definition) is 4. The summed E-state index contributed by atoms with van der Waals surface area (Å²) in [5, 5.41) is 20.1.